The zero-order valence-electron chi connectivity index (χ0n) is 18.0. The molecular weight excluding hydrogens is 453 g/mol. The quantitative estimate of drug-likeness (QED) is 0.534. The van der Waals surface area contributed by atoms with Crippen LogP contribution in [0.2, 0.25) is 0 Å². The minimum Gasteiger partial charge on any atom is -0.445 e. The summed E-state index contributed by atoms with van der Waals surface area (Å²) >= 11 is 0. The average molecular weight is 480 g/mol. The monoisotopic (exact) mass is 479 g/mol. The number of nitrogens with one attached hydrogen (secondary N) is 2. The van der Waals surface area contributed by atoms with Crippen LogP contribution >= 0.6 is 0 Å². The van der Waals surface area contributed by atoms with Gasteiger partial charge in [0.2, 0.25) is 15.9 Å². The topological polar surface area (TPSA) is 114 Å². The van der Waals surface area contributed by atoms with E-state index in [4.69, 9.17) is 9.47 Å². The molecule has 2 amide bonds. The van der Waals surface area contributed by atoms with Crippen molar-refractivity contribution in [2.45, 2.75) is 24.3 Å². The second-order valence-corrected chi connectivity index (χ2v) is 9.21. The van der Waals surface area contributed by atoms with Crippen LogP contribution < -0.4 is 10.6 Å². The molecule has 1 heterocycles. The van der Waals surface area contributed by atoms with Gasteiger partial charge in [0.05, 0.1) is 13.2 Å². The van der Waals surface area contributed by atoms with Gasteiger partial charge in [0.25, 0.3) is 0 Å². The number of alkyl carbamates (subject to hydrolysis) is 1. The van der Waals surface area contributed by atoms with E-state index in [-0.39, 0.29) is 51.6 Å². The van der Waals surface area contributed by atoms with Crippen molar-refractivity contribution in [2.24, 2.45) is 0 Å². The molecule has 2 N–H and O–H groups in total. The predicted octanol–water partition coefficient (Wildman–Crippen LogP) is 2.49. The Bertz CT molecular complexity index is 1060. The number of rotatable bonds is 9. The van der Waals surface area contributed by atoms with Crippen LogP contribution in [0, 0.1) is 5.82 Å². The summed E-state index contributed by atoms with van der Waals surface area (Å²) in [5, 5.41) is 5.12. The van der Waals surface area contributed by atoms with Gasteiger partial charge in [-0.15, -0.1) is 0 Å². The minimum atomic E-state index is -4.04. The molecule has 3 rings (SSSR count). The highest BCUT2D eigenvalue weighted by Crippen LogP contribution is 2.24. The van der Waals surface area contributed by atoms with Crippen molar-refractivity contribution in [1.82, 2.24) is 9.62 Å². The first-order chi connectivity index (χ1) is 15.9. The van der Waals surface area contributed by atoms with Crippen LogP contribution in [0.25, 0.3) is 0 Å². The van der Waals surface area contributed by atoms with Crippen molar-refractivity contribution < 1.29 is 31.9 Å². The van der Waals surface area contributed by atoms with Gasteiger partial charge >= 0.3 is 6.09 Å². The number of sulfonamides is 1. The Kier molecular flexibility index (Phi) is 8.75. The summed E-state index contributed by atoms with van der Waals surface area (Å²) in [6, 6.07) is 12.6. The number of halogens is 1. The third-order valence-corrected chi connectivity index (χ3v) is 6.78. The van der Waals surface area contributed by atoms with E-state index >= 15 is 0 Å². The fourth-order valence-corrected chi connectivity index (χ4v) is 4.64. The molecule has 178 valence electrons. The van der Waals surface area contributed by atoms with Crippen LogP contribution in [0.4, 0.5) is 14.9 Å². The van der Waals surface area contributed by atoms with E-state index < -0.39 is 32.7 Å². The molecule has 2 aromatic carbocycles. The fourth-order valence-electron chi connectivity index (χ4n) is 3.14. The lowest BCUT2D eigenvalue weighted by Gasteiger charge is -2.26. The first-order valence-electron chi connectivity index (χ1n) is 10.5. The second kappa shape index (κ2) is 11.7. The molecule has 0 unspecified atom stereocenters. The lowest BCUT2D eigenvalue weighted by atomic mass is 10.2. The van der Waals surface area contributed by atoms with E-state index in [1.807, 2.05) is 30.3 Å². The van der Waals surface area contributed by atoms with Crippen molar-refractivity contribution in [3.8, 4) is 0 Å². The molecule has 2 aromatic rings. The Hall–Kier alpha value is -3.02. The van der Waals surface area contributed by atoms with Crippen LogP contribution in [0.3, 0.4) is 0 Å². The predicted molar refractivity (Wildman–Crippen MR) is 118 cm³/mol. The van der Waals surface area contributed by atoms with E-state index in [0.717, 1.165) is 22.0 Å². The number of benzene rings is 2. The van der Waals surface area contributed by atoms with Gasteiger partial charge in [-0.2, -0.15) is 4.31 Å². The molecule has 1 fully saturated rings. The molecule has 11 heteroatoms. The maximum absolute atomic E-state index is 14.3. The zero-order valence-corrected chi connectivity index (χ0v) is 18.8. The lowest BCUT2D eigenvalue weighted by molar-refractivity contribution is -0.116. The molecule has 0 spiro atoms. The normalized spacial score (nSPS) is 14.5. The number of morpholine rings is 1. The van der Waals surface area contributed by atoms with Gasteiger partial charge in [-0.3, -0.25) is 4.79 Å². The van der Waals surface area contributed by atoms with Crippen LogP contribution in [0.5, 0.6) is 0 Å². The molecular formula is C22H26FN3O6S. The van der Waals surface area contributed by atoms with Crippen LogP contribution in [-0.2, 0) is 30.9 Å². The highest BCUT2D eigenvalue weighted by atomic mass is 32.2. The Morgan fingerprint density at radius 2 is 1.82 bits per heavy atom. The molecule has 1 aliphatic heterocycles. The summed E-state index contributed by atoms with van der Waals surface area (Å²) in [5.74, 6) is -1.28. The Labute approximate surface area is 191 Å². The van der Waals surface area contributed by atoms with Crippen molar-refractivity contribution in [3.63, 3.8) is 0 Å². The standard InChI is InChI=1S/C22H26FN3O6S/c23-19-9-8-18(15-20(19)33(29,30)26-11-13-31-14-12-26)25-21(27)7-4-10-24-22(28)32-16-17-5-2-1-3-6-17/h1-3,5-6,8-9,15H,4,7,10-14,16H2,(H,24,28)(H,25,27). The largest absolute Gasteiger partial charge is 0.445 e. The van der Waals surface area contributed by atoms with Gasteiger partial charge in [-0.1, -0.05) is 30.3 Å². The zero-order chi connectivity index (χ0) is 23.7. The van der Waals surface area contributed by atoms with E-state index in [2.05, 4.69) is 10.6 Å². The highest BCUT2D eigenvalue weighted by Gasteiger charge is 2.29. The lowest BCUT2D eigenvalue weighted by Crippen LogP contribution is -2.40. The number of amides is 2. The molecule has 0 atom stereocenters. The molecule has 0 radical (unpaired) electrons. The molecule has 9 nitrogen and oxygen atoms in total. The van der Waals surface area contributed by atoms with Crippen LogP contribution in [-0.4, -0.2) is 57.6 Å². The second-order valence-electron chi connectivity index (χ2n) is 7.30. The maximum atomic E-state index is 14.3. The maximum Gasteiger partial charge on any atom is 0.407 e. The average Bonchev–Trinajstić information content (AvgIpc) is 2.83. The van der Waals surface area contributed by atoms with Crippen LogP contribution in [0.15, 0.2) is 53.4 Å². The van der Waals surface area contributed by atoms with Crippen LogP contribution in [0.1, 0.15) is 18.4 Å². The first-order valence-corrected chi connectivity index (χ1v) is 11.9. The molecule has 33 heavy (non-hydrogen) atoms. The Morgan fingerprint density at radius 3 is 2.55 bits per heavy atom. The smallest absolute Gasteiger partial charge is 0.407 e. The molecule has 1 aliphatic rings. The highest BCUT2D eigenvalue weighted by molar-refractivity contribution is 7.89. The Balaban J connectivity index is 1.44. The van der Waals surface area contributed by atoms with Gasteiger partial charge in [0.15, 0.2) is 0 Å². The third kappa shape index (κ3) is 7.24. The van der Waals surface area contributed by atoms with Gasteiger partial charge in [-0.05, 0) is 30.2 Å². The fraction of sp³-hybridized carbons (Fsp3) is 0.364. The number of carbonyl (C=O) groups is 2. The van der Waals surface area contributed by atoms with Gasteiger partial charge in [-0.25, -0.2) is 17.6 Å². The number of carbonyl (C=O) groups excluding carboxylic acids is 2. The van der Waals surface area contributed by atoms with E-state index in [9.17, 15) is 22.4 Å². The van der Waals surface area contributed by atoms with Crippen molar-refractivity contribution in [1.29, 1.82) is 0 Å². The van der Waals surface area contributed by atoms with Gasteiger partial charge in [0, 0.05) is 31.7 Å². The number of hydrogen-bond donors (Lipinski definition) is 2. The van der Waals surface area contributed by atoms with Gasteiger partial charge < -0.3 is 20.1 Å². The molecule has 0 aliphatic carbocycles. The van der Waals surface area contributed by atoms with E-state index in [0.29, 0.717) is 6.42 Å². The SMILES string of the molecule is O=C(CCCNC(=O)OCc1ccccc1)Nc1ccc(F)c(S(=O)(=O)N2CCOCC2)c1. The van der Waals surface area contributed by atoms with Crippen molar-refractivity contribution in [2.75, 3.05) is 38.2 Å². The number of ether oxygens (including phenoxy) is 2. The summed E-state index contributed by atoms with van der Waals surface area (Å²) in [5.41, 5.74) is 1.03. The summed E-state index contributed by atoms with van der Waals surface area (Å²) in [4.78, 5) is 23.4. The van der Waals surface area contributed by atoms with E-state index in [1.54, 1.807) is 0 Å². The van der Waals surface area contributed by atoms with E-state index in [1.165, 1.54) is 6.07 Å². The molecule has 0 bridgehead atoms. The number of anilines is 1. The third-order valence-electron chi connectivity index (χ3n) is 4.87. The first kappa shape index (κ1) is 24.6. The molecule has 0 saturated carbocycles. The summed E-state index contributed by atoms with van der Waals surface area (Å²) in [6.07, 6.45) is -0.176. The summed E-state index contributed by atoms with van der Waals surface area (Å²) in [7, 11) is -4.04. The summed E-state index contributed by atoms with van der Waals surface area (Å²) < 4.78 is 51.1. The van der Waals surface area contributed by atoms with Gasteiger partial charge in [0.1, 0.15) is 17.3 Å². The number of hydrogen-bond acceptors (Lipinski definition) is 6. The Morgan fingerprint density at radius 1 is 1.09 bits per heavy atom. The minimum absolute atomic E-state index is 0.0713. The molecule has 0 aromatic heterocycles. The summed E-state index contributed by atoms with van der Waals surface area (Å²) in [6.45, 7) is 1.13. The van der Waals surface area contributed by atoms with Crippen molar-refractivity contribution >= 4 is 27.7 Å². The van der Waals surface area contributed by atoms with Crippen molar-refractivity contribution in [3.05, 3.63) is 59.9 Å². The molecule has 1 saturated heterocycles. The number of nitrogens with zero attached hydrogens (tertiary/aromatic N) is 1.